The van der Waals surface area contributed by atoms with Gasteiger partial charge in [0.2, 0.25) is 5.76 Å². The van der Waals surface area contributed by atoms with Gasteiger partial charge in [0.25, 0.3) is 0 Å². The number of hydrogen-bond acceptors (Lipinski definition) is 4. The highest BCUT2D eigenvalue weighted by Gasteiger charge is 2.21. The molecule has 0 fully saturated rings. The number of carbonyl (C=O) groups excluding carboxylic acids is 1. The number of hydrogen-bond donors (Lipinski definition) is 0. The lowest BCUT2D eigenvalue weighted by Crippen LogP contribution is -2.23. The van der Waals surface area contributed by atoms with Crippen molar-refractivity contribution >= 4 is 21.8 Å². The molecule has 0 bridgehead atoms. The van der Waals surface area contributed by atoms with Gasteiger partial charge in [-0.05, 0) is 12.1 Å². The quantitative estimate of drug-likeness (QED) is 0.511. The summed E-state index contributed by atoms with van der Waals surface area (Å²) in [6, 6.07) is 6.59. The lowest BCUT2D eigenvalue weighted by molar-refractivity contribution is -0.113. The molecule has 1 aromatic rings. The van der Waals surface area contributed by atoms with Crippen molar-refractivity contribution in [2.45, 2.75) is 0 Å². The van der Waals surface area contributed by atoms with Crippen LogP contribution in [0.3, 0.4) is 0 Å². The van der Waals surface area contributed by atoms with E-state index in [1.165, 1.54) is 0 Å². The molecule has 102 valence electrons. The molecule has 2 rings (SSSR count). The van der Waals surface area contributed by atoms with Gasteiger partial charge in [-0.2, -0.15) is 8.42 Å². The summed E-state index contributed by atoms with van der Waals surface area (Å²) < 4.78 is 26.4. The summed E-state index contributed by atoms with van der Waals surface area (Å²) in [6.07, 6.45) is 0.883. The second kappa shape index (κ2) is 6.21. The molecule has 0 saturated heterocycles. The van der Waals surface area contributed by atoms with Gasteiger partial charge in [0.1, 0.15) is 0 Å². The van der Waals surface area contributed by atoms with E-state index in [1.54, 1.807) is 24.3 Å². The summed E-state index contributed by atoms with van der Waals surface area (Å²) in [4.78, 5) is 15.0. The molecule has 18 heavy (non-hydrogen) atoms. The van der Waals surface area contributed by atoms with Crippen molar-refractivity contribution in [3.8, 4) is 0 Å². The first-order valence-corrected chi connectivity index (χ1v) is 5.91. The molecule has 1 aromatic carbocycles. The Balaban J connectivity index is 0. The van der Waals surface area contributed by atoms with E-state index in [0.717, 1.165) is 6.26 Å². The standard InChI is InChI=1S/C9H7NO4S.3H2O/c1-15(12,13)14-8-6-4-2-3-5-7(6)10-9(8)11;;;/h2-5H,1H3;3*1H2. The van der Waals surface area contributed by atoms with Gasteiger partial charge in [-0.1, -0.05) is 12.1 Å². The van der Waals surface area contributed by atoms with Gasteiger partial charge in [0.05, 0.1) is 16.8 Å². The highest BCUT2D eigenvalue weighted by Crippen LogP contribution is 2.05. The molecule has 0 saturated carbocycles. The van der Waals surface area contributed by atoms with E-state index in [4.69, 9.17) is 0 Å². The molecule has 0 radical (unpaired) electrons. The van der Waals surface area contributed by atoms with Crippen molar-refractivity contribution in [2.24, 2.45) is 4.99 Å². The Morgan fingerprint density at radius 2 is 1.67 bits per heavy atom. The second-order valence-electron chi connectivity index (χ2n) is 3.05. The number of para-hydroxylation sites is 1. The number of carbonyl (C=O) groups is 1. The van der Waals surface area contributed by atoms with Gasteiger partial charge < -0.3 is 20.6 Å². The number of nitrogens with zero attached hydrogens (tertiary/aromatic N) is 1. The molecule has 9 heteroatoms. The van der Waals surface area contributed by atoms with Crippen LogP contribution in [0.25, 0.3) is 5.76 Å². The summed E-state index contributed by atoms with van der Waals surface area (Å²) in [6.45, 7) is 0. The van der Waals surface area contributed by atoms with E-state index >= 15 is 0 Å². The van der Waals surface area contributed by atoms with Crippen molar-refractivity contribution in [3.05, 3.63) is 34.8 Å². The summed E-state index contributed by atoms with van der Waals surface area (Å²) >= 11 is 0. The highest BCUT2D eigenvalue weighted by atomic mass is 32.2. The maximum Gasteiger partial charge on any atom is 0.315 e. The largest absolute Gasteiger partial charge is 0.412 e. The number of benzene rings is 1. The molecule has 1 aliphatic heterocycles. The second-order valence-corrected chi connectivity index (χ2v) is 4.63. The van der Waals surface area contributed by atoms with Crippen LogP contribution in [0, 0.1) is 0 Å². The summed E-state index contributed by atoms with van der Waals surface area (Å²) in [5.74, 6) is -0.894. The van der Waals surface area contributed by atoms with Crippen LogP contribution in [-0.2, 0) is 19.1 Å². The van der Waals surface area contributed by atoms with Crippen molar-refractivity contribution in [3.63, 3.8) is 0 Å². The Morgan fingerprint density at radius 1 is 1.11 bits per heavy atom. The minimum absolute atomic E-state index is 0. The van der Waals surface area contributed by atoms with Gasteiger partial charge in [0.15, 0.2) is 0 Å². The van der Waals surface area contributed by atoms with Gasteiger partial charge in [-0.15, -0.1) is 0 Å². The zero-order valence-electron chi connectivity index (χ0n) is 9.30. The SMILES string of the molecule is CS(=O)(=O)OC1=c2ccccc2=NC1=O.O.O.O. The normalized spacial score (nSPS) is 12.3. The molecular formula is C9H13NO7S. The Morgan fingerprint density at radius 3 is 2.22 bits per heavy atom. The van der Waals surface area contributed by atoms with Crippen LogP contribution in [0.15, 0.2) is 29.3 Å². The van der Waals surface area contributed by atoms with Crippen LogP contribution in [-0.4, -0.2) is 37.0 Å². The third-order valence-corrected chi connectivity index (χ3v) is 2.27. The zero-order valence-corrected chi connectivity index (χ0v) is 10.1. The predicted molar refractivity (Wildman–Crippen MR) is 62.4 cm³/mol. The van der Waals surface area contributed by atoms with E-state index in [0.29, 0.717) is 10.6 Å². The van der Waals surface area contributed by atoms with Gasteiger partial charge in [0, 0.05) is 0 Å². The Labute approximate surface area is 102 Å². The lowest BCUT2D eigenvalue weighted by Gasteiger charge is -1.99. The van der Waals surface area contributed by atoms with Crippen LogP contribution >= 0.6 is 0 Å². The van der Waals surface area contributed by atoms with Gasteiger partial charge in [-0.3, -0.25) is 4.79 Å². The molecule has 0 aromatic heterocycles. The number of amides is 1. The highest BCUT2D eigenvalue weighted by molar-refractivity contribution is 7.86. The fourth-order valence-corrected chi connectivity index (χ4v) is 1.73. The minimum atomic E-state index is -3.70. The first kappa shape index (κ1) is 18.6. The zero-order chi connectivity index (χ0) is 11.1. The molecule has 1 amide bonds. The summed E-state index contributed by atoms with van der Waals surface area (Å²) in [5.41, 5.74) is 0. The minimum Gasteiger partial charge on any atom is -0.412 e. The van der Waals surface area contributed by atoms with E-state index in [2.05, 4.69) is 9.18 Å². The maximum absolute atomic E-state index is 11.3. The monoisotopic (exact) mass is 279 g/mol. The number of fused-ring (bicyclic) bond motifs is 1. The first-order valence-electron chi connectivity index (χ1n) is 4.09. The molecule has 0 aliphatic carbocycles. The molecular weight excluding hydrogens is 266 g/mol. The van der Waals surface area contributed by atoms with Gasteiger partial charge in [-0.25, -0.2) is 4.99 Å². The fourth-order valence-electron chi connectivity index (χ4n) is 1.27. The Bertz CT molecular complexity index is 650. The van der Waals surface area contributed by atoms with Crippen LogP contribution < -0.4 is 10.6 Å². The third-order valence-electron chi connectivity index (χ3n) is 1.80. The molecule has 6 N–H and O–H groups in total. The average molecular weight is 279 g/mol. The van der Waals surface area contributed by atoms with Crippen LogP contribution in [0.5, 0.6) is 0 Å². The van der Waals surface area contributed by atoms with Crippen molar-refractivity contribution < 1.29 is 33.8 Å². The van der Waals surface area contributed by atoms with Crippen LogP contribution in [0.4, 0.5) is 0 Å². The molecule has 0 atom stereocenters. The molecule has 1 aliphatic rings. The lowest BCUT2D eigenvalue weighted by atomic mass is 10.3. The molecule has 8 nitrogen and oxygen atoms in total. The van der Waals surface area contributed by atoms with E-state index in [9.17, 15) is 13.2 Å². The Hall–Kier alpha value is -1.81. The predicted octanol–water partition coefficient (Wildman–Crippen LogP) is -3.54. The van der Waals surface area contributed by atoms with Crippen molar-refractivity contribution in [1.82, 2.24) is 0 Å². The fraction of sp³-hybridized carbons (Fsp3) is 0.111. The average Bonchev–Trinajstić information content (AvgIpc) is 2.41. The van der Waals surface area contributed by atoms with Crippen molar-refractivity contribution in [2.75, 3.05) is 6.26 Å². The number of rotatable bonds is 2. The first-order chi connectivity index (χ1) is 6.97. The van der Waals surface area contributed by atoms with E-state index in [-0.39, 0.29) is 22.2 Å². The Kier molecular flexibility index (Phi) is 6.40. The van der Waals surface area contributed by atoms with E-state index in [1.807, 2.05) is 0 Å². The molecule has 0 spiro atoms. The van der Waals surface area contributed by atoms with Gasteiger partial charge >= 0.3 is 16.0 Å². The smallest absolute Gasteiger partial charge is 0.315 e. The molecule has 0 unspecified atom stereocenters. The van der Waals surface area contributed by atoms with Crippen LogP contribution in [0.1, 0.15) is 0 Å². The summed E-state index contributed by atoms with van der Waals surface area (Å²) in [7, 11) is -3.70. The maximum atomic E-state index is 11.3. The topological polar surface area (TPSA) is 167 Å². The summed E-state index contributed by atoms with van der Waals surface area (Å²) in [5, 5.41) is 0.842. The van der Waals surface area contributed by atoms with Crippen molar-refractivity contribution in [1.29, 1.82) is 0 Å². The molecule has 1 heterocycles. The third kappa shape index (κ3) is 3.60. The van der Waals surface area contributed by atoms with Crippen LogP contribution in [0.2, 0.25) is 0 Å². The van der Waals surface area contributed by atoms with E-state index < -0.39 is 16.0 Å².